The van der Waals surface area contributed by atoms with Crippen molar-refractivity contribution in [2.24, 2.45) is 0 Å². The second-order valence-electron chi connectivity index (χ2n) is 4.03. The van der Waals surface area contributed by atoms with Crippen LogP contribution in [0.3, 0.4) is 0 Å². The molecule has 0 radical (unpaired) electrons. The average molecular weight is 347 g/mol. The van der Waals surface area contributed by atoms with Crippen molar-refractivity contribution in [1.82, 2.24) is 0 Å². The fourth-order valence-corrected chi connectivity index (χ4v) is 2.06. The van der Waals surface area contributed by atoms with Gasteiger partial charge >= 0.3 is 6.18 Å². The molecule has 0 aliphatic carbocycles. The average Bonchev–Trinajstić information content (AvgIpc) is 2.40. The van der Waals surface area contributed by atoms with E-state index in [2.05, 4.69) is 15.9 Å². The third-order valence-corrected chi connectivity index (χ3v) is 3.34. The van der Waals surface area contributed by atoms with Gasteiger partial charge in [-0.25, -0.2) is 4.39 Å². The lowest BCUT2D eigenvalue weighted by atomic mass is 10.0. The van der Waals surface area contributed by atoms with Gasteiger partial charge in [-0.1, -0.05) is 28.1 Å². The Morgan fingerprint density at radius 1 is 1.00 bits per heavy atom. The normalized spacial score (nSPS) is 11.4. The van der Waals surface area contributed by atoms with Crippen molar-refractivity contribution in [1.29, 1.82) is 0 Å². The number of carbonyl (C=O) groups excluding carboxylic acids is 1. The van der Waals surface area contributed by atoms with E-state index in [1.165, 1.54) is 12.1 Å². The zero-order valence-electron chi connectivity index (χ0n) is 9.84. The second-order valence-corrected chi connectivity index (χ2v) is 4.88. The zero-order valence-corrected chi connectivity index (χ0v) is 11.4. The zero-order chi connectivity index (χ0) is 14.9. The quantitative estimate of drug-likeness (QED) is 0.561. The molecule has 6 heteroatoms. The monoisotopic (exact) mass is 346 g/mol. The minimum atomic E-state index is -4.46. The van der Waals surface area contributed by atoms with Gasteiger partial charge in [0.15, 0.2) is 5.78 Å². The van der Waals surface area contributed by atoms with Gasteiger partial charge in [-0.15, -0.1) is 0 Å². The fraction of sp³-hybridized carbons (Fsp3) is 0.0714. The number of carbonyl (C=O) groups is 1. The van der Waals surface area contributed by atoms with Gasteiger partial charge in [-0.05, 0) is 30.3 Å². The number of benzene rings is 2. The molecule has 0 N–H and O–H groups in total. The topological polar surface area (TPSA) is 17.1 Å². The first-order valence-corrected chi connectivity index (χ1v) is 6.25. The van der Waals surface area contributed by atoms with Crippen LogP contribution in [0.4, 0.5) is 17.6 Å². The summed E-state index contributed by atoms with van der Waals surface area (Å²) in [6, 6.07) is 7.36. The molecule has 2 aromatic rings. The minimum absolute atomic E-state index is 0.0595. The van der Waals surface area contributed by atoms with Crippen molar-refractivity contribution >= 4 is 21.7 Å². The summed E-state index contributed by atoms with van der Waals surface area (Å²) in [7, 11) is 0. The van der Waals surface area contributed by atoms with Gasteiger partial charge in [0, 0.05) is 15.6 Å². The molecule has 0 aliphatic heterocycles. The Labute approximate surface area is 120 Å². The molecule has 0 atom stereocenters. The summed E-state index contributed by atoms with van der Waals surface area (Å²) in [5.74, 6) is -1.14. The maximum Gasteiger partial charge on any atom is 0.416 e. The first kappa shape index (κ1) is 14.7. The minimum Gasteiger partial charge on any atom is -0.289 e. The third-order valence-electron chi connectivity index (χ3n) is 2.65. The van der Waals surface area contributed by atoms with E-state index < -0.39 is 23.3 Å². The molecule has 104 valence electrons. The Bertz CT molecular complexity index is 647. The molecule has 0 saturated heterocycles. The lowest BCUT2D eigenvalue weighted by Crippen LogP contribution is -2.07. The lowest BCUT2D eigenvalue weighted by Gasteiger charge is -2.08. The first-order chi connectivity index (χ1) is 9.29. The molecule has 2 rings (SSSR count). The SMILES string of the molecule is O=C(c1ccc(C(F)(F)F)cc1)c1cc(F)ccc1Br. The summed E-state index contributed by atoms with van der Waals surface area (Å²) in [6.45, 7) is 0. The predicted octanol–water partition coefficient (Wildman–Crippen LogP) is 4.84. The van der Waals surface area contributed by atoms with Gasteiger partial charge in [-0.3, -0.25) is 4.79 Å². The standard InChI is InChI=1S/C14H7BrF4O/c15-12-6-5-10(16)7-11(12)13(20)8-1-3-9(4-2-8)14(17,18)19/h1-7H. The smallest absolute Gasteiger partial charge is 0.289 e. The molecule has 0 saturated carbocycles. The number of halogens is 5. The fourth-order valence-electron chi connectivity index (χ4n) is 1.64. The molecule has 20 heavy (non-hydrogen) atoms. The van der Waals surface area contributed by atoms with Gasteiger partial charge < -0.3 is 0 Å². The molecule has 0 heterocycles. The van der Waals surface area contributed by atoms with Gasteiger partial charge in [0.1, 0.15) is 5.82 Å². The van der Waals surface area contributed by atoms with E-state index in [9.17, 15) is 22.4 Å². The van der Waals surface area contributed by atoms with Crippen LogP contribution in [0.2, 0.25) is 0 Å². The van der Waals surface area contributed by atoms with Crippen molar-refractivity contribution in [2.45, 2.75) is 6.18 Å². The number of ketones is 1. The molecule has 0 amide bonds. The Hall–Kier alpha value is -1.69. The summed E-state index contributed by atoms with van der Waals surface area (Å²) < 4.78 is 50.8. The Balaban J connectivity index is 2.37. The molecular formula is C14H7BrF4O. The van der Waals surface area contributed by atoms with E-state index in [0.717, 1.165) is 30.3 Å². The summed E-state index contributed by atoms with van der Waals surface area (Å²) >= 11 is 3.11. The molecule has 0 bridgehead atoms. The summed E-state index contributed by atoms with van der Waals surface area (Å²) in [5.41, 5.74) is -0.721. The summed E-state index contributed by atoms with van der Waals surface area (Å²) in [4.78, 5) is 12.1. The van der Waals surface area contributed by atoms with Gasteiger partial charge in [0.2, 0.25) is 0 Å². The maximum atomic E-state index is 13.1. The highest BCUT2D eigenvalue weighted by Crippen LogP contribution is 2.29. The molecule has 0 aliphatic rings. The highest BCUT2D eigenvalue weighted by Gasteiger charge is 2.30. The Morgan fingerprint density at radius 2 is 1.60 bits per heavy atom. The van der Waals surface area contributed by atoms with Crippen LogP contribution in [0.5, 0.6) is 0 Å². The molecular weight excluding hydrogens is 340 g/mol. The van der Waals surface area contributed by atoms with E-state index in [1.54, 1.807) is 0 Å². The van der Waals surface area contributed by atoms with E-state index in [-0.39, 0.29) is 11.1 Å². The first-order valence-electron chi connectivity index (χ1n) is 5.46. The van der Waals surface area contributed by atoms with E-state index in [1.807, 2.05) is 0 Å². The highest BCUT2D eigenvalue weighted by molar-refractivity contribution is 9.10. The Kier molecular flexibility index (Phi) is 3.94. The van der Waals surface area contributed by atoms with E-state index in [4.69, 9.17) is 0 Å². The number of alkyl halides is 3. The molecule has 1 nitrogen and oxygen atoms in total. The number of rotatable bonds is 2. The maximum absolute atomic E-state index is 13.1. The predicted molar refractivity (Wildman–Crippen MR) is 69.0 cm³/mol. The second kappa shape index (κ2) is 5.36. The van der Waals surface area contributed by atoms with Crippen LogP contribution < -0.4 is 0 Å². The van der Waals surface area contributed by atoms with Crippen LogP contribution in [0.1, 0.15) is 21.5 Å². The van der Waals surface area contributed by atoms with Crippen LogP contribution in [0.15, 0.2) is 46.9 Å². The molecule has 0 spiro atoms. The molecule has 2 aromatic carbocycles. The summed E-state index contributed by atoms with van der Waals surface area (Å²) in [6.07, 6.45) is -4.46. The molecule has 0 aromatic heterocycles. The lowest BCUT2D eigenvalue weighted by molar-refractivity contribution is -0.137. The van der Waals surface area contributed by atoms with E-state index >= 15 is 0 Å². The van der Waals surface area contributed by atoms with E-state index in [0.29, 0.717) is 4.47 Å². The van der Waals surface area contributed by atoms with Crippen LogP contribution in [-0.4, -0.2) is 5.78 Å². The van der Waals surface area contributed by atoms with Crippen molar-refractivity contribution < 1.29 is 22.4 Å². The van der Waals surface area contributed by atoms with Gasteiger partial charge in [0.25, 0.3) is 0 Å². The van der Waals surface area contributed by atoms with Gasteiger partial charge in [-0.2, -0.15) is 13.2 Å². The van der Waals surface area contributed by atoms with Gasteiger partial charge in [0.05, 0.1) is 5.56 Å². The third kappa shape index (κ3) is 3.07. The van der Waals surface area contributed by atoms with Crippen LogP contribution in [-0.2, 0) is 6.18 Å². The number of hydrogen-bond acceptors (Lipinski definition) is 1. The largest absolute Gasteiger partial charge is 0.416 e. The van der Waals surface area contributed by atoms with Crippen molar-refractivity contribution in [3.63, 3.8) is 0 Å². The number of hydrogen-bond donors (Lipinski definition) is 0. The van der Waals surface area contributed by atoms with Crippen LogP contribution in [0.25, 0.3) is 0 Å². The Morgan fingerprint density at radius 3 is 2.15 bits per heavy atom. The molecule has 0 unspecified atom stereocenters. The molecule has 0 fully saturated rings. The van der Waals surface area contributed by atoms with Crippen molar-refractivity contribution in [2.75, 3.05) is 0 Å². The van der Waals surface area contributed by atoms with Crippen molar-refractivity contribution in [3.8, 4) is 0 Å². The van der Waals surface area contributed by atoms with Crippen LogP contribution in [0, 0.1) is 5.82 Å². The highest BCUT2D eigenvalue weighted by atomic mass is 79.9. The summed E-state index contributed by atoms with van der Waals surface area (Å²) in [5, 5.41) is 0. The van der Waals surface area contributed by atoms with Crippen LogP contribution >= 0.6 is 15.9 Å². The van der Waals surface area contributed by atoms with Crippen molar-refractivity contribution in [3.05, 3.63) is 69.4 Å².